The molecule has 0 bridgehead atoms. The van der Waals surface area contributed by atoms with Gasteiger partial charge in [-0.1, -0.05) is 35.9 Å². The fourth-order valence-corrected chi connectivity index (χ4v) is 3.94. The minimum Gasteiger partial charge on any atom is -0.495 e. The molecule has 2 aromatic carbocycles. The van der Waals surface area contributed by atoms with Crippen molar-refractivity contribution in [3.8, 4) is 5.75 Å². The highest BCUT2D eigenvalue weighted by atomic mass is 32.2. The molecule has 0 amide bonds. The molecule has 0 aliphatic rings. The summed E-state index contributed by atoms with van der Waals surface area (Å²) < 4.78 is 33.5. The number of hydrogen-bond acceptors (Lipinski definition) is 4. The lowest BCUT2D eigenvalue weighted by molar-refractivity contribution is 0.299. The molecule has 0 aliphatic heterocycles. The van der Waals surface area contributed by atoms with Crippen LogP contribution in [-0.4, -0.2) is 41.1 Å². The maximum absolute atomic E-state index is 12.8. The Balaban J connectivity index is 2.25. The number of benzene rings is 2. The highest BCUT2D eigenvalue weighted by Crippen LogP contribution is 2.25. The number of sulfonamides is 1. The zero-order valence-corrected chi connectivity index (χ0v) is 16.2. The van der Waals surface area contributed by atoms with Crippen LogP contribution in [0.2, 0.25) is 0 Å². The Bertz CT molecular complexity index is 815. The molecule has 1 atom stereocenters. The smallest absolute Gasteiger partial charge is 0.244 e. The van der Waals surface area contributed by atoms with Crippen molar-refractivity contribution in [2.45, 2.75) is 24.8 Å². The monoisotopic (exact) mass is 362 g/mol. The van der Waals surface area contributed by atoms with Gasteiger partial charge in [-0.3, -0.25) is 0 Å². The van der Waals surface area contributed by atoms with Crippen LogP contribution in [0.1, 0.15) is 22.7 Å². The van der Waals surface area contributed by atoms with Crippen molar-refractivity contribution in [2.24, 2.45) is 0 Å². The van der Waals surface area contributed by atoms with Gasteiger partial charge in [-0.15, -0.1) is 0 Å². The van der Waals surface area contributed by atoms with Crippen LogP contribution in [0.4, 0.5) is 0 Å². The molecule has 0 saturated carbocycles. The first-order chi connectivity index (χ1) is 11.7. The molecule has 0 radical (unpaired) electrons. The molecule has 6 heteroatoms. The lowest BCUT2D eigenvalue weighted by atomic mass is 10.0. The molecule has 0 aliphatic carbocycles. The summed E-state index contributed by atoms with van der Waals surface area (Å²) in [7, 11) is 1.67. The largest absolute Gasteiger partial charge is 0.495 e. The second-order valence-electron chi connectivity index (χ2n) is 6.40. The number of hydrogen-bond donors (Lipinski definition) is 1. The molecular weight excluding hydrogens is 336 g/mol. The number of rotatable bonds is 7. The molecule has 2 aromatic rings. The van der Waals surface area contributed by atoms with Gasteiger partial charge in [0, 0.05) is 12.6 Å². The minimum atomic E-state index is -3.67. The van der Waals surface area contributed by atoms with Gasteiger partial charge in [0.2, 0.25) is 10.0 Å². The van der Waals surface area contributed by atoms with Gasteiger partial charge >= 0.3 is 0 Å². The van der Waals surface area contributed by atoms with Crippen molar-refractivity contribution in [3.05, 3.63) is 59.2 Å². The van der Waals surface area contributed by atoms with Gasteiger partial charge in [0.05, 0.1) is 7.11 Å². The van der Waals surface area contributed by atoms with E-state index in [1.54, 1.807) is 12.1 Å². The normalized spacial score (nSPS) is 13.0. The van der Waals surface area contributed by atoms with Gasteiger partial charge < -0.3 is 9.64 Å². The number of likely N-dealkylation sites (N-methyl/N-ethyl adjacent to an activating group) is 1. The molecular formula is C19H26N2O3S. The molecule has 0 fully saturated rings. The topological polar surface area (TPSA) is 58.6 Å². The number of nitrogens with one attached hydrogen (secondary N) is 1. The Morgan fingerprint density at radius 3 is 2.20 bits per heavy atom. The second-order valence-corrected chi connectivity index (χ2v) is 8.13. The zero-order valence-electron chi connectivity index (χ0n) is 15.4. The van der Waals surface area contributed by atoms with E-state index in [1.807, 2.05) is 63.2 Å². The molecule has 0 aromatic heterocycles. The van der Waals surface area contributed by atoms with Crippen molar-refractivity contribution in [2.75, 3.05) is 27.7 Å². The predicted molar refractivity (Wildman–Crippen MR) is 101 cm³/mol. The van der Waals surface area contributed by atoms with Gasteiger partial charge in [0.1, 0.15) is 10.6 Å². The van der Waals surface area contributed by atoms with E-state index in [2.05, 4.69) is 4.72 Å². The van der Waals surface area contributed by atoms with E-state index < -0.39 is 10.0 Å². The third kappa shape index (κ3) is 4.81. The summed E-state index contributed by atoms with van der Waals surface area (Å²) in [5.41, 5.74) is 3.10. The van der Waals surface area contributed by atoms with Gasteiger partial charge in [-0.2, -0.15) is 0 Å². The van der Waals surface area contributed by atoms with E-state index in [9.17, 15) is 8.42 Å². The number of aryl methyl sites for hydroxylation is 2. The van der Waals surface area contributed by atoms with Crippen molar-refractivity contribution < 1.29 is 13.2 Å². The molecule has 1 N–H and O–H groups in total. The Kier molecular flexibility index (Phi) is 6.21. The summed E-state index contributed by atoms with van der Waals surface area (Å²) in [4.78, 5) is 2.16. The average molecular weight is 362 g/mol. The highest BCUT2D eigenvalue weighted by molar-refractivity contribution is 7.89. The third-order valence-electron chi connectivity index (χ3n) is 4.16. The fourth-order valence-electron chi connectivity index (χ4n) is 2.65. The fraction of sp³-hybridized carbons (Fsp3) is 0.368. The number of nitrogens with zero attached hydrogens (tertiary/aromatic N) is 1. The summed E-state index contributed by atoms with van der Waals surface area (Å²) >= 11 is 0. The van der Waals surface area contributed by atoms with E-state index in [0.29, 0.717) is 5.75 Å². The molecule has 1 unspecified atom stereocenters. The lowest BCUT2D eigenvalue weighted by Gasteiger charge is -2.25. The van der Waals surface area contributed by atoms with Crippen LogP contribution >= 0.6 is 0 Å². The van der Waals surface area contributed by atoms with E-state index in [4.69, 9.17) is 4.74 Å². The Labute approximate surface area is 150 Å². The van der Waals surface area contributed by atoms with E-state index in [-0.39, 0.29) is 17.5 Å². The van der Waals surface area contributed by atoms with Gasteiger partial charge in [0.15, 0.2) is 0 Å². The van der Waals surface area contributed by atoms with E-state index in [0.717, 1.165) is 11.1 Å². The highest BCUT2D eigenvalue weighted by Gasteiger charge is 2.22. The molecule has 5 nitrogen and oxygen atoms in total. The molecule has 136 valence electrons. The predicted octanol–water partition coefficient (Wildman–Crippen LogP) is 2.89. The van der Waals surface area contributed by atoms with Crippen LogP contribution in [0.25, 0.3) is 0 Å². The maximum atomic E-state index is 12.8. The van der Waals surface area contributed by atoms with Crippen molar-refractivity contribution >= 4 is 10.0 Å². The summed E-state index contributed by atoms with van der Waals surface area (Å²) in [5.74, 6) is 0.342. The average Bonchev–Trinajstić information content (AvgIpc) is 2.56. The standard InChI is InChI=1S/C19H26N2O3S/c1-14-6-9-16(10-7-14)17(21(3)4)13-20-25(22,23)19-12-15(2)8-11-18(19)24-5/h6-12,17,20H,13H2,1-5H3. The lowest BCUT2D eigenvalue weighted by Crippen LogP contribution is -2.34. The maximum Gasteiger partial charge on any atom is 0.244 e. The van der Waals surface area contributed by atoms with E-state index in [1.165, 1.54) is 12.7 Å². The Hall–Kier alpha value is -1.89. The van der Waals surface area contributed by atoms with Crippen LogP contribution in [0, 0.1) is 13.8 Å². The Morgan fingerprint density at radius 2 is 1.64 bits per heavy atom. The molecule has 0 heterocycles. The van der Waals surface area contributed by atoms with Crippen molar-refractivity contribution in [1.82, 2.24) is 9.62 Å². The van der Waals surface area contributed by atoms with Gasteiger partial charge in [-0.25, -0.2) is 13.1 Å². The summed E-state index contributed by atoms with van der Waals surface area (Å²) in [6.07, 6.45) is 0. The summed E-state index contributed by atoms with van der Waals surface area (Å²) in [6, 6.07) is 13.2. The summed E-state index contributed by atoms with van der Waals surface area (Å²) in [5, 5.41) is 0. The summed E-state index contributed by atoms with van der Waals surface area (Å²) in [6.45, 7) is 4.16. The van der Waals surface area contributed by atoms with Crippen LogP contribution in [0.5, 0.6) is 5.75 Å². The molecule has 0 saturated heterocycles. The van der Waals surface area contributed by atoms with Crippen molar-refractivity contribution in [3.63, 3.8) is 0 Å². The van der Waals surface area contributed by atoms with Crippen molar-refractivity contribution in [1.29, 1.82) is 0 Å². The zero-order chi connectivity index (χ0) is 18.6. The molecule has 2 rings (SSSR count). The van der Waals surface area contributed by atoms with Crippen LogP contribution < -0.4 is 9.46 Å². The van der Waals surface area contributed by atoms with Crippen LogP contribution in [-0.2, 0) is 10.0 Å². The Morgan fingerprint density at radius 1 is 1.04 bits per heavy atom. The number of ether oxygens (including phenoxy) is 1. The van der Waals surface area contributed by atoms with Crippen LogP contribution in [0.15, 0.2) is 47.4 Å². The minimum absolute atomic E-state index is 0.0637. The van der Waals surface area contributed by atoms with E-state index >= 15 is 0 Å². The first-order valence-electron chi connectivity index (χ1n) is 8.12. The van der Waals surface area contributed by atoms with Gasteiger partial charge in [-0.05, 0) is 51.2 Å². The molecule has 0 spiro atoms. The quantitative estimate of drug-likeness (QED) is 0.823. The second kappa shape index (κ2) is 7.99. The first kappa shape index (κ1) is 19.4. The SMILES string of the molecule is COc1ccc(C)cc1S(=O)(=O)NCC(c1ccc(C)cc1)N(C)C. The number of methoxy groups -OCH3 is 1. The molecule has 25 heavy (non-hydrogen) atoms. The first-order valence-corrected chi connectivity index (χ1v) is 9.60. The van der Waals surface area contributed by atoms with Gasteiger partial charge in [0.25, 0.3) is 0 Å². The van der Waals surface area contributed by atoms with Crippen LogP contribution in [0.3, 0.4) is 0 Å². The third-order valence-corrected chi connectivity index (χ3v) is 5.61.